The van der Waals surface area contributed by atoms with Gasteiger partial charge in [0.15, 0.2) is 0 Å². The summed E-state index contributed by atoms with van der Waals surface area (Å²) in [6.07, 6.45) is 0.837. The van der Waals surface area contributed by atoms with Crippen molar-refractivity contribution >= 4 is 0 Å². The Balaban J connectivity index is 2.73. The van der Waals surface area contributed by atoms with Crippen LogP contribution in [0, 0.1) is 0 Å². The average molecular weight is 208 g/mol. The predicted molar refractivity (Wildman–Crippen MR) is 62.2 cm³/mol. The van der Waals surface area contributed by atoms with Crippen LogP contribution >= 0.6 is 0 Å². The van der Waals surface area contributed by atoms with Gasteiger partial charge in [0.2, 0.25) is 0 Å². The molecule has 0 amide bonds. The molecule has 0 bridgehead atoms. The molecular formula is C12H20N2O. The van der Waals surface area contributed by atoms with E-state index in [0.717, 1.165) is 6.42 Å². The van der Waals surface area contributed by atoms with Crippen LogP contribution < -0.4 is 11.3 Å². The molecule has 0 heterocycles. The number of methoxy groups -OCH3 is 1. The highest BCUT2D eigenvalue weighted by Crippen LogP contribution is 2.24. The van der Waals surface area contributed by atoms with Crippen molar-refractivity contribution in [1.29, 1.82) is 0 Å². The van der Waals surface area contributed by atoms with E-state index in [-0.39, 0.29) is 11.6 Å². The SMILES string of the molecule is COC(C)(C)CC(NN)c1ccccc1. The number of nitrogens with one attached hydrogen (secondary N) is 1. The quantitative estimate of drug-likeness (QED) is 0.575. The lowest BCUT2D eigenvalue weighted by atomic mass is 9.94. The van der Waals surface area contributed by atoms with Gasteiger partial charge in [0.25, 0.3) is 0 Å². The average Bonchev–Trinajstić information content (AvgIpc) is 2.27. The monoisotopic (exact) mass is 208 g/mol. The first-order valence-corrected chi connectivity index (χ1v) is 5.15. The normalized spacial score (nSPS) is 13.9. The minimum Gasteiger partial charge on any atom is -0.379 e. The molecular weight excluding hydrogens is 188 g/mol. The summed E-state index contributed by atoms with van der Waals surface area (Å²) in [7, 11) is 1.72. The van der Waals surface area contributed by atoms with Crippen molar-refractivity contribution in [2.45, 2.75) is 31.9 Å². The number of ether oxygens (including phenoxy) is 1. The Morgan fingerprint density at radius 2 is 1.93 bits per heavy atom. The molecule has 0 spiro atoms. The molecule has 1 aromatic rings. The highest BCUT2D eigenvalue weighted by atomic mass is 16.5. The molecule has 0 saturated heterocycles. The Hall–Kier alpha value is -0.900. The Bertz CT molecular complexity index is 285. The van der Waals surface area contributed by atoms with Gasteiger partial charge in [-0.3, -0.25) is 11.3 Å². The second-order valence-corrected chi connectivity index (χ2v) is 4.30. The summed E-state index contributed by atoms with van der Waals surface area (Å²) in [5.41, 5.74) is 3.84. The molecule has 0 aromatic heterocycles. The van der Waals surface area contributed by atoms with E-state index in [1.165, 1.54) is 5.56 Å². The van der Waals surface area contributed by atoms with Crippen LogP contribution in [0.2, 0.25) is 0 Å². The maximum absolute atomic E-state index is 5.56. The van der Waals surface area contributed by atoms with E-state index in [9.17, 15) is 0 Å². The fraction of sp³-hybridized carbons (Fsp3) is 0.500. The van der Waals surface area contributed by atoms with E-state index >= 15 is 0 Å². The van der Waals surface area contributed by atoms with Gasteiger partial charge in [-0.1, -0.05) is 30.3 Å². The number of rotatable bonds is 5. The van der Waals surface area contributed by atoms with E-state index in [2.05, 4.69) is 31.4 Å². The summed E-state index contributed by atoms with van der Waals surface area (Å²) in [6.45, 7) is 4.11. The van der Waals surface area contributed by atoms with Gasteiger partial charge in [-0.15, -0.1) is 0 Å². The van der Waals surface area contributed by atoms with Gasteiger partial charge in [-0.25, -0.2) is 0 Å². The van der Waals surface area contributed by atoms with Crippen molar-refractivity contribution in [1.82, 2.24) is 5.43 Å². The molecule has 1 unspecified atom stereocenters. The number of hydrogen-bond donors (Lipinski definition) is 2. The van der Waals surface area contributed by atoms with Crippen molar-refractivity contribution in [2.75, 3.05) is 7.11 Å². The summed E-state index contributed by atoms with van der Waals surface area (Å²) in [5.74, 6) is 5.56. The first-order valence-electron chi connectivity index (χ1n) is 5.15. The molecule has 0 aliphatic carbocycles. The van der Waals surface area contributed by atoms with Crippen LogP contribution in [0.25, 0.3) is 0 Å². The van der Waals surface area contributed by atoms with Crippen molar-refractivity contribution in [3.8, 4) is 0 Å². The Labute approximate surface area is 91.6 Å². The van der Waals surface area contributed by atoms with Gasteiger partial charge in [0.1, 0.15) is 0 Å². The molecule has 3 heteroatoms. The minimum atomic E-state index is -0.174. The predicted octanol–water partition coefficient (Wildman–Crippen LogP) is 2.01. The van der Waals surface area contributed by atoms with E-state index in [1.807, 2.05) is 18.2 Å². The molecule has 1 rings (SSSR count). The van der Waals surface area contributed by atoms with Gasteiger partial charge in [-0.05, 0) is 25.8 Å². The maximum Gasteiger partial charge on any atom is 0.0641 e. The third-order valence-corrected chi connectivity index (χ3v) is 2.65. The molecule has 0 aliphatic heterocycles. The molecule has 0 saturated carbocycles. The largest absolute Gasteiger partial charge is 0.379 e. The van der Waals surface area contributed by atoms with Gasteiger partial charge in [0.05, 0.1) is 5.60 Å². The fourth-order valence-electron chi connectivity index (χ4n) is 1.53. The molecule has 3 nitrogen and oxygen atoms in total. The fourth-order valence-corrected chi connectivity index (χ4v) is 1.53. The van der Waals surface area contributed by atoms with Crippen molar-refractivity contribution in [3.63, 3.8) is 0 Å². The van der Waals surface area contributed by atoms with Crippen LogP contribution in [-0.4, -0.2) is 12.7 Å². The third-order valence-electron chi connectivity index (χ3n) is 2.65. The van der Waals surface area contributed by atoms with Gasteiger partial charge < -0.3 is 4.74 Å². The smallest absolute Gasteiger partial charge is 0.0641 e. The molecule has 15 heavy (non-hydrogen) atoms. The zero-order valence-electron chi connectivity index (χ0n) is 9.66. The summed E-state index contributed by atoms with van der Waals surface area (Å²) < 4.78 is 5.40. The second kappa shape index (κ2) is 5.26. The lowest BCUT2D eigenvalue weighted by Crippen LogP contribution is -2.35. The molecule has 0 aliphatic rings. The van der Waals surface area contributed by atoms with Crippen LogP contribution in [0.3, 0.4) is 0 Å². The lowest BCUT2D eigenvalue weighted by molar-refractivity contribution is 0.00681. The Morgan fingerprint density at radius 1 is 1.33 bits per heavy atom. The number of hydrogen-bond acceptors (Lipinski definition) is 3. The Kier molecular flexibility index (Phi) is 4.27. The Morgan fingerprint density at radius 3 is 2.40 bits per heavy atom. The summed E-state index contributed by atoms with van der Waals surface area (Å²) >= 11 is 0. The summed E-state index contributed by atoms with van der Waals surface area (Å²) in [5, 5.41) is 0. The molecule has 3 N–H and O–H groups in total. The van der Waals surface area contributed by atoms with Crippen LogP contribution in [0.15, 0.2) is 30.3 Å². The summed E-state index contributed by atoms with van der Waals surface area (Å²) in [6, 6.07) is 10.3. The van der Waals surface area contributed by atoms with Crippen LogP contribution in [0.5, 0.6) is 0 Å². The minimum absolute atomic E-state index is 0.126. The highest BCUT2D eigenvalue weighted by molar-refractivity contribution is 5.19. The number of benzene rings is 1. The number of nitrogens with two attached hydrogens (primary N) is 1. The second-order valence-electron chi connectivity index (χ2n) is 4.30. The first-order chi connectivity index (χ1) is 7.09. The van der Waals surface area contributed by atoms with Crippen LogP contribution in [-0.2, 0) is 4.74 Å². The lowest BCUT2D eigenvalue weighted by Gasteiger charge is -2.28. The topological polar surface area (TPSA) is 47.3 Å². The summed E-state index contributed by atoms with van der Waals surface area (Å²) in [4.78, 5) is 0. The number of hydrazine groups is 1. The molecule has 0 radical (unpaired) electrons. The molecule has 1 atom stereocenters. The maximum atomic E-state index is 5.56. The zero-order valence-corrected chi connectivity index (χ0v) is 9.66. The molecule has 1 aromatic carbocycles. The van der Waals surface area contributed by atoms with Crippen molar-refractivity contribution in [3.05, 3.63) is 35.9 Å². The first kappa shape index (κ1) is 12.2. The standard InChI is InChI=1S/C12H20N2O/c1-12(2,15-3)9-11(14-13)10-7-5-4-6-8-10/h4-8,11,14H,9,13H2,1-3H3. The zero-order chi connectivity index (χ0) is 11.3. The highest BCUT2D eigenvalue weighted by Gasteiger charge is 2.22. The molecule has 0 fully saturated rings. The van der Waals surface area contributed by atoms with Crippen molar-refractivity contribution in [2.24, 2.45) is 5.84 Å². The van der Waals surface area contributed by atoms with Gasteiger partial charge in [0, 0.05) is 13.2 Å². The van der Waals surface area contributed by atoms with Crippen molar-refractivity contribution < 1.29 is 4.74 Å². The third kappa shape index (κ3) is 3.63. The van der Waals surface area contributed by atoms with E-state index in [1.54, 1.807) is 7.11 Å². The van der Waals surface area contributed by atoms with Crippen LogP contribution in [0.4, 0.5) is 0 Å². The van der Waals surface area contributed by atoms with Gasteiger partial charge >= 0.3 is 0 Å². The van der Waals surface area contributed by atoms with E-state index < -0.39 is 0 Å². The van der Waals surface area contributed by atoms with E-state index in [0.29, 0.717) is 0 Å². The van der Waals surface area contributed by atoms with E-state index in [4.69, 9.17) is 10.6 Å². The molecule has 84 valence electrons. The van der Waals surface area contributed by atoms with Crippen LogP contribution in [0.1, 0.15) is 31.9 Å². The van der Waals surface area contributed by atoms with Gasteiger partial charge in [-0.2, -0.15) is 0 Å².